The number of rotatable bonds is 3. The van der Waals surface area contributed by atoms with Gasteiger partial charge in [-0.1, -0.05) is 38.1 Å². The molecule has 0 fully saturated rings. The van der Waals surface area contributed by atoms with Crippen LogP contribution in [0.15, 0.2) is 72.8 Å². The van der Waals surface area contributed by atoms with Crippen LogP contribution < -0.4 is 9.80 Å². The summed E-state index contributed by atoms with van der Waals surface area (Å²) >= 11 is 0. The second-order valence-electron chi connectivity index (χ2n) is 7.91. The molecule has 0 saturated carbocycles. The minimum absolute atomic E-state index is 0.00803. The second-order valence-corrected chi connectivity index (χ2v) is 7.91. The molecule has 2 amide bonds. The van der Waals surface area contributed by atoms with E-state index in [1.54, 1.807) is 46.2 Å². The predicted molar refractivity (Wildman–Crippen MR) is 116 cm³/mol. The van der Waals surface area contributed by atoms with Gasteiger partial charge in [-0.25, -0.2) is 8.78 Å². The highest BCUT2D eigenvalue weighted by molar-refractivity contribution is 6.13. The molecule has 0 bridgehead atoms. The lowest BCUT2D eigenvalue weighted by atomic mass is 9.95. The third-order valence-corrected chi connectivity index (χ3v) is 5.51. The number of nitrogens with zero attached hydrogens (tertiary/aromatic N) is 2. The van der Waals surface area contributed by atoms with Gasteiger partial charge in [0.25, 0.3) is 11.8 Å². The zero-order valence-corrected chi connectivity index (χ0v) is 17.3. The Morgan fingerprint density at radius 1 is 0.806 bits per heavy atom. The first-order valence-electron chi connectivity index (χ1n) is 10.1. The molecule has 6 heteroatoms. The lowest BCUT2D eigenvalue weighted by Gasteiger charge is -2.44. The Morgan fingerprint density at radius 3 is 1.90 bits per heavy atom. The summed E-state index contributed by atoms with van der Waals surface area (Å²) in [6.45, 7) is 4.18. The van der Waals surface area contributed by atoms with Crippen molar-refractivity contribution in [1.29, 1.82) is 0 Å². The van der Waals surface area contributed by atoms with Gasteiger partial charge in [0, 0.05) is 17.7 Å². The molecule has 0 radical (unpaired) electrons. The largest absolute Gasteiger partial charge is 0.304 e. The summed E-state index contributed by atoms with van der Waals surface area (Å²) in [6.07, 6.45) is 0. The molecule has 1 atom stereocenters. The van der Waals surface area contributed by atoms with Gasteiger partial charge in [-0.05, 0) is 54.4 Å². The fourth-order valence-corrected chi connectivity index (χ4v) is 3.94. The number of carbonyl (C=O) groups is 2. The van der Waals surface area contributed by atoms with Crippen molar-refractivity contribution in [2.24, 2.45) is 5.92 Å². The Balaban J connectivity index is 1.81. The van der Waals surface area contributed by atoms with E-state index >= 15 is 0 Å². The number of hydrogen-bond donors (Lipinski definition) is 0. The van der Waals surface area contributed by atoms with Crippen LogP contribution in [0.3, 0.4) is 0 Å². The fourth-order valence-electron chi connectivity index (χ4n) is 3.94. The maximum atomic E-state index is 13.8. The summed E-state index contributed by atoms with van der Waals surface area (Å²) in [7, 11) is 0. The molecule has 158 valence electrons. The Kier molecular flexibility index (Phi) is 5.55. The molecule has 4 nitrogen and oxygen atoms in total. The van der Waals surface area contributed by atoms with Gasteiger partial charge in [0.05, 0.1) is 17.4 Å². The van der Waals surface area contributed by atoms with Crippen molar-refractivity contribution < 1.29 is 18.4 Å². The number of halogens is 2. The monoisotopic (exact) mass is 420 g/mol. The van der Waals surface area contributed by atoms with Gasteiger partial charge in [-0.2, -0.15) is 0 Å². The van der Waals surface area contributed by atoms with Crippen LogP contribution in [0.25, 0.3) is 0 Å². The lowest BCUT2D eigenvalue weighted by molar-refractivity contribution is 0.0943. The molecule has 0 spiro atoms. The third-order valence-electron chi connectivity index (χ3n) is 5.51. The van der Waals surface area contributed by atoms with Crippen molar-refractivity contribution in [3.05, 3.63) is 95.6 Å². The molecule has 3 aromatic carbocycles. The van der Waals surface area contributed by atoms with Gasteiger partial charge in [0.2, 0.25) is 0 Å². The van der Waals surface area contributed by atoms with Crippen LogP contribution >= 0.6 is 0 Å². The molecule has 31 heavy (non-hydrogen) atoms. The van der Waals surface area contributed by atoms with Gasteiger partial charge in [-0.3, -0.25) is 9.59 Å². The highest BCUT2D eigenvalue weighted by atomic mass is 19.1. The maximum Gasteiger partial charge on any atom is 0.258 e. The Labute approximate surface area is 179 Å². The lowest BCUT2D eigenvalue weighted by Crippen LogP contribution is -2.55. The molecule has 0 aliphatic carbocycles. The van der Waals surface area contributed by atoms with Crippen LogP contribution in [0.5, 0.6) is 0 Å². The van der Waals surface area contributed by atoms with E-state index in [1.165, 1.54) is 36.4 Å². The van der Waals surface area contributed by atoms with E-state index in [2.05, 4.69) is 0 Å². The number of benzene rings is 3. The number of hydrogen-bond acceptors (Lipinski definition) is 2. The maximum absolute atomic E-state index is 13.8. The molecule has 0 aromatic heterocycles. The molecular formula is C25H22F2N2O2. The first kappa shape index (κ1) is 20.7. The van der Waals surface area contributed by atoms with Crippen LogP contribution in [0.4, 0.5) is 20.2 Å². The molecule has 3 aromatic rings. The first-order valence-corrected chi connectivity index (χ1v) is 10.1. The van der Waals surface area contributed by atoms with E-state index in [0.29, 0.717) is 11.4 Å². The number of para-hydroxylation sites is 2. The summed E-state index contributed by atoms with van der Waals surface area (Å²) in [5, 5.41) is 0. The predicted octanol–water partition coefficient (Wildman–Crippen LogP) is 5.30. The van der Waals surface area contributed by atoms with Crippen molar-refractivity contribution >= 4 is 23.2 Å². The van der Waals surface area contributed by atoms with Gasteiger partial charge in [-0.15, -0.1) is 0 Å². The summed E-state index contributed by atoms with van der Waals surface area (Å²) in [4.78, 5) is 29.9. The zero-order valence-electron chi connectivity index (χ0n) is 17.3. The van der Waals surface area contributed by atoms with Crippen LogP contribution in [0, 0.1) is 17.6 Å². The van der Waals surface area contributed by atoms with Crippen molar-refractivity contribution in [3.63, 3.8) is 0 Å². The minimum Gasteiger partial charge on any atom is -0.304 e. The summed E-state index contributed by atoms with van der Waals surface area (Å²) in [6, 6.07) is 17.9. The van der Waals surface area contributed by atoms with Crippen molar-refractivity contribution in [3.8, 4) is 0 Å². The highest BCUT2D eigenvalue weighted by Gasteiger charge is 2.39. The zero-order chi connectivity index (χ0) is 22.1. The standard InChI is InChI=1S/C25H22F2N2O2/c1-16(2)23-15-28(24(30)17-7-5-9-19(26)13-17)21-11-3-4-12-22(21)29(23)25(31)18-8-6-10-20(27)14-18/h3-14,16,23H,15H2,1-2H3/t23-/m0/s1. The Bertz CT molecular complexity index is 1150. The highest BCUT2D eigenvalue weighted by Crippen LogP contribution is 2.39. The SMILES string of the molecule is CC(C)[C@@H]1CN(C(=O)c2cccc(F)c2)c2ccccc2N1C(=O)c1cccc(F)c1. The summed E-state index contributed by atoms with van der Waals surface area (Å²) in [5.74, 6) is -1.63. The van der Waals surface area contributed by atoms with Gasteiger partial charge in [0.15, 0.2) is 0 Å². The molecule has 0 unspecified atom stereocenters. The topological polar surface area (TPSA) is 40.6 Å². The first-order chi connectivity index (χ1) is 14.9. The van der Waals surface area contributed by atoms with E-state index < -0.39 is 11.6 Å². The smallest absolute Gasteiger partial charge is 0.258 e. The van der Waals surface area contributed by atoms with Gasteiger partial charge >= 0.3 is 0 Å². The average Bonchev–Trinajstić information content (AvgIpc) is 2.77. The minimum atomic E-state index is -0.487. The normalized spacial score (nSPS) is 15.7. The van der Waals surface area contributed by atoms with Crippen LogP contribution in [-0.4, -0.2) is 24.4 Å². The summed E-state index contributed by atoms with van der Waals surface area (Å²) in [5.41, 5.74) is 1.59. The van der Waals surface area contributed by atoms with E-state index in [1.807, 2.05) is 13.8 Å². The number of carbonyl (C=O) groups excluding carboxylic acids is 2. The van der Waals surface area contributed by atoms with Crippen LogP contribution in [-0.2, 0) is 0 Å². The Morgan fingerprint density at radius 2 is 1.35 bits per heavy atom. The van der Waals surface area contributed by atoms with Gasteiger partial charge in [0.1, 0.15) is 11.6 Å². The van der Waals surface area contributed by atoms with Crippen molar-refractivity contribution in [2.75, 3.05) is 16.3 Å². The molecule has 1 aliphatic rings. The van der Waals surface area contributed by atoms with Crippen LogP contribution in [0.2, 0.25) is 0 Å². The Hall–Kier alpha value is -3.54. The van der Waals surface area contributed by atoms with E-state index in [9.17, 15) is 18.4 Å². The third kappa shape index (κ3) is 3.93. The van der Waals surface area contributed by atoms with E-state index in [0.717, 1.165) is 0 Å². The summed E-state index contributed by atoms with van der Waals surface area (Å²) < 4.78 is 27.5. The second kappa shape index (κ2) is 8.30. The van der Waals surface area contributed by atoms with E-state index in [-0.39, 0.29) is 41.4 Å². The van der Waals surface area contributed by atoms with Crippen LogP contribution in [0.1, 0.15) is 34.6 Å². The molecule has 1 heterocycles. The van der Waals surface area contributed by atoms with Crippen molar-refractivity contribution in [1.82, 2.24) is 0 Å². The molecular weight excluding hydrogens is 398 g/mol. The fraction of sp³-hybridized carbons (Fsp3) is 0.200. The van der Waals surface area contributed by atoms with Crippen molar-refractivity contribution in [2.45, 2.75) is 19.9 Å². The molecule has 0 N–H and O–H groups in total. The molecule has 0 saturated heterocycles. The number of anilines is 2. The van der Waals surface area contributed by atoms with Gasteiger partial charge < -0.3 is 9.80 Å². The average molecular weight is 420 g/mol. The quantitative estimate of drug-likeness (QED) is 0.577. The van der Waals surface area contributed by atoms with E-state index in [4.69, 9.17) is 0 Å². The number of amides is 2. The number of fused-ring (bicyclic) bond motifs is 1. The molecule has 4 rings (SSSR count). The molecule has 1 aliphatic heterocycles.